The molecule has 0 radical (unpaired) electrons. The SMILES string of the molecule is NC(=O)CCC(N)C=O.O=C(CO)C(O)C(O)C(O)CO. The molecular weight excluding hydrogens is 288 g/mol. The Labute approximate surface area is 121 Å². The highest BCUT2D eigenvalue weighted by Crippen LogP contribution is 2.00. The number of aliphatic hydroxyl groups excluding tert-OH is 5. The average molecular weight is 310 g/mol. The topological polar surface area (TPSA) is 204 Å². The van der Waals surface area contributed by atoms with E-state index in [1.807, 2.05) is 0 Å². The fraction of sp³-hybridized carbons (Fsp3) is 0.727. The van der Waals surface area contributed by atoms with Crippen LogP contribution in [0.5, 0.6) is 0 Å². The summed E-state index contributed by atoms with van der Waals surface area (Å²) in [5.41, 5.74) is 9.93. The van der Waals surface area contributed by atoms with Crippen LogP contribution in [0.3, 0.4) is 0 Å². The smallest absolute Gasteiger partial charge is 0.217 e. The molecule has 0 bridgehead atoms. The Morgan fingerprint density at radius 2 is 1.67 bits per heavy atom. The third-order valence-corrected chi connectivity index (χ3v) is 2.29. The van der Waals surface area contributed by atoms with Gasteiger partial charge in [0.2, 0.25) is 5.91 Å². The first-order valence-electron chi connectivity index (χ1n) is 5.99. The van der Waals surface area contributed by atoms with Gasteiger partial charge in [0.25, 0.3) is 0 Å². The number of aliphatic hydroxyl groups is 5. The van der Waals surface area contributed by atoms with Crippen molar-refractivity contribution in [3.8, 4) is 0 Å². The Bertz CT molecular complexity index is 325. The molecule has 0 aromatic heterocycles. The van der Waals surface area contributed by atoms with E-state index in [9.17, 15) is 14.4 Å². The van der Waals surface area contributed by atoms with E-state index in [4.69, 9.17) is 37.0 Å². The minimum atomic E-state index is -1.86. The number of primary amides is 1. The summed E-state index contributed by atoms with van der Waals surface area (Å²) in [7, 11) is 0. The van der Waals surface area contributed by atoms with Gasteiger partial charge >= 0.3 is 0 Å². The molecular formula is C11H22N2O8. The quantitative estimate of drug-likeness (QED) is 0.204. The Kier molecular flexibility index (Phi) is 12.8. The summed E-state index contributed by atoms with van der Waals surface area (Å²) in [4.78, 5) is 30.4. The first-order valence-corrected chi connectivity index (χ1v) is 5.99. The monoisotopic (exact) mass is 310 g/mol. The van der Waals surface area contributed by atoms with Crippen LogP contribution in [0.25, 0.3) is 0 Å². The van der Waals surface area contributed by atoms with Gasteiger partial charge in [-0.2, -0.15) is 0 Å². The summed E-state index contributed by atoms with van der Waals surface area (Å²) in [6.07, 6.45) is -4.09. The molecule has 0 aliphatic heterocycles. The molecule has 0 aliphatic rings. The van der Waals surface area contributed by atoms with Crippen molar-refractivity contribution in [2.24, 2.45) is 11.5 Å². The molecule has 0 aromatic carbocycles. The van der Waals surface area contributed by atoms with Gasteiger partial charge in [-0.3, -0.25) is 9.59 Å². The van der Waals surface area contributed by atoms with Gasteiger partial charge in [-0.15, -0.1) is 0 Å². The Morgan fingerprint density at radius 1 is 1.14 bits per heavy atom. The molecule has 9 N–H and O–H groups in total. The minimum Gasteiger partial charge on any atom is -0.394 e. The third kappa shape index (κ3) is 11.0. The van der Waals surface area contributed by atoms with Gasteiger partial charge in [0.05, 0.1) is 12.6 Å². The molecule has 0 spiro atoms. The zero-order valence-corrected chi connectivity index (χ0v) is 11.3. The number of carbonyl (C=O) groups is 3. The molecule has 4 atom stereocenters. The van der Waals surface area contributed by atoms with E-state index in [0.29, 0.717) is 12.7 Å². The highest BCUT2D eigenvalue weighted by Gasteiger charge is 2.28. The molecule has 0 aliphatic carbocycles. The fourth-order valence-electron chi connectivity index (χ4n) is 0.979. The van der Waals surface area contributed by atoms with Gasteiger partial charge in [-0.1, -0.05) is 0 Å². The van der Waals surface area contributed by atoms with Crippen LogP contribution in [0.2, 0.25) is 0 Å². The van der Waals surface area contributed by atoms with Gasteiger partial charge < -0.3 is 41.8 Å². The summed E-state index contributed by atoms with van der Waals surface area (Å²) < 4.78 is 0. The maximum Gasteiger partial charge on any atom is 0.217 e. The number of hydrogen-bond donors (Lipinski definition) is 7. The van der Waals surface area contributed by atoms with Crippen LogP contribution in [-0.4, -0.2) is 81.1 Å². The van der Waals surface area contributed by atoms with Crippen molar-refractivity contribution < 1.29 is 39.9 Å². The lowest BCUT2D eigenvalue weighted by Crippen LogP contribution is -2.44. The summed E-state index contributed by atoms with van der Waals surface area (Å²) in [5.74, 6) is -1.43. The number of aldehydes is 1. The summed E-state index contributed by atoms with van der Waals surface area (Å²) in [6.45, 7) is -1.69. The van der Waals surface area contributed by atoms with Crippen LogP contribution < -0.4 is 11.5 Å². The minimum absolute atomic E-state index is 0.180. The second kappa shape index (κ2) is 12.3. The van der Waals surface area contributed by atoms with Gasteiger partial charge in [0.1, 0.15) is 31.2 Å². The lowest BCUT2D eigenvalue weighted by atomic mass is 10.1. The van der Waals surface area contributed by atoms with Gasteiger partial charge in [0, 0.05) is 6.42 Å². The van der Waals surface area contributed by atoms with Crippen LogP contribution in [-0.2, 0) is 14.4 Å². The van der Waals surface area contributed by atoms with E-state index in [2.05, 4.69) is 0 Å². The standard InChI is InChI=1S/C6H12O6.C5H10N2O2/c7-1-3(9)5(11)6(12)4(10)2-8;6-4(3-8)1-2-5(7)9/h3,5-9,11-12H,1-2H2;3-4H,1-2,6H2,(H2,7,9). The van der Waals surface area contributed by atoms with E-state index in [1.54, 1.807) is 0 Å². The van der Waals surface area contributed by atoms with Crippen molar-refractivity contribution in [3.63, 3.8) is 0 Å². The lowest BCUT2D eigenvalue weighted by molar-refractivity contribution is -0.142. The van der Waals surface area contributed by atoms with Gasteiger partial charge in [-0.05, 0) is 6.42 Å². The van der Waals surface area contributed by atoms with E-state index in [-0.39, 0.29) is 6.42 Å². The summed E-state index contributed by atoms with van der Waals surface area (Å²) in [5, 5.41) is 43.1. The van der Waals surface area contributed by atoms with Crippen molar-refractivity contribution in [2.75, 3.05) is 13.2 Å². The highest BCUT2D eigenvalue weighted by atomic mass is 16.4. The molecule has 0 heterocycles. The maximum atomic E-state index is 10.5. The number of nitrogens with two attached hydrogens (primary N) is 2. The van der Waals surface area contributed by atoms with E-state index in [0.717, 1.165) is 0 Å². The van der Waals surface area contributed by atoms with Crippen molar-refractivity contribution in [2.45, 2.75) is 37.2 Å². The molecule has 4 unspecified atom stereocenters. The largest absolute Gasteiger partial charge is 0.394 e. The highest BCUT2D eigenvalue weighted by molar-refractivity contribution is 5.84. The van der Waals surface area contributed by atoms with Gasteiger partial charge in [0.15, 0.2) is 5.78 Å². The maximum absolute atomic E-state index is 10.5. The predicted molar refractivity (Wildman–Crippen MR) is 69.7 cm³/mol. The number of rotatable bonds is 9. The fourth-order valence-corrected chi connectivity index (χ4v) is 0.979. The number of ketones is 1. The summed E-state index contributed by atoms with van der Waals surface area (Å²) >= 11 is 0. The first-order chi connectivity index (χ1) is 9.70. The van der Waals surface area contributed by atoms with Crippen LogP contribution in [0.4, 0.5) is 0 Å². The summed E-state index contributed by atoms with van der Waals surface area (Å²) in [6, 6.07) is -0.544. The molecule has 0 fully saturated rings. The van der Waals surface area contributed by atoms with Crippen LogP contribution >= 0.6 is 0 Å². The van der Waals surface area contributed by atoms with Crippen molar-refractivity contribution in [3.05, 3.63) is 0 Å². The average Bonchev–Trinajstić information content (AvgIpc) is 2.49. The number of carbonyl (C=O) groups excluding carboxylic acids is 3. The third-order valence-electron chi connectivity index (χ3n) is 2.29. The molecule has 0 rings (SSSR count). The predicted octanol–water partition coefficient (Wildman–Crippen LogP) is -4.60. The van der Waals surface area contributed by atoms with Crippen LogP contribution in [0.1, 0.15) is 12.8 Å². The van der Waals surface area contributed by atoms with Crippen molar-refractivity contribution in [1.29, 1.82) is 0 Å². The molecule has 124 valence electrons. The van der Waals surface area contributed by atoms with E-state index in [1.165, 1.54) is 0 Å². The molecule has 10 nitrogen and oxygen atoms in total. The molecule has 0 aromatic rings. The molecule has 0 saturated heterocycles. The first kappa shape index (κ1) is 21.9. The molecule has 10 heteroatoms. The van der Waals surface area contributed by atoms with Crippen LogP contribution in [0.15, 0.2) is 0 Å². The van der Waals surface area contributed by atoms with Crippen molar-refractivity contribution in [1.82, 2.24) is 0 Å². The number of amides is 1. The zero-order valence-electron chi connectivity index (χ0n) is 11.3. The molecule has 0 saturated carbocycles. The Hall–Kier alpha value is -1.43. The lowest BCUT2D eigenvalue weighted by Gasteiger charge is -2.19. The van der Waals surface area contributed by atoms with Crippen molar-refractivity contribution >= 4 is 18.0 Å². The normalized spacial score (nSPS) is 15.9. The molecule has 21 heavy (non-hydrogen) atoms. The zero-order chi connectivity index (χ0) is 17.0. The van der Waals surface area contributed by atoms with E-state index < -0.39 is 49.3 Å². The number of hydrogen-bond acceptors (Lipinski definition) is 9. The second-order valence-electron chi connectivity index (χ2n) is 4.11. The Morgan fingerprint density at radius 3 is 2.00 bits per heavy atom. The van der Waals surface area contributed by atoms with Gasteiger partial charge in [-0.25, -0.2) is 0 Å². The second-order valence-corrected chi connectivity index (χ2v) is 4.11. The Balaban J connectivity index is 0. The van der Waals surface area contributed by atoms with Crippen LogP contribution in [0, 0.1) is 0 Å². The van der Waals surface area contributed by atoms with E-state index >= 15 is 0 Å². The molecule has 1 amide bonds. The number of Topliss-reactive ketones (excluding diaryl/α,β-unsaturated/α-hetero) is 1.